The molecule has 0 aliphatic carbocycles. The van der Waals surface area contributed by atoms with Gasteiger partial charge >= 0.3 is 0 Å². The summed E-state index contributed by atoms with van der Waals surface area (Å²) >= 11 is 1.57. The van der Waals surface area contributed by atoms with Crippen molar-refractivity contribution in [3.8, 4) is 0 Å². The Kier molecular flexibility index (Phi) is 4.95. The molecule has 0 saturated heterocycles. The van der Waals surface area contributed by atoms with Crippen LogP contribution in [0.5, 0.6) is 0 Å². The standard InChI is InChI=1S/C17H16N4OS/c22-17(10-15-2-1-9-23-15)21-16-4-3-14(12-20-16)19-11-13-5-7-18-8-6-13/h1-9,12,19H,10-11H2,(H,20,21,22). The molecule has 3 heterocycles. The monoisotopic (exact) mass is 324 g/mol. The number of rotatable bonds is 6. The summed E-state index contributed by atoms with van der Waals surface area (Å²) in [7, 11) is 0. The summed E-state index contributed by atoms with van der Waals surface area (Å²) in [6.07, 6.45) is 5.62. The highest BCUT2D eigenvalue weighted by molar-refractivity contribution is 7.10. The Labute approximate surface area is 138 Å². The van der Waals surface area contributed by atoms with Gasteiger partial charge in [0.1, 0.15) is 5.82 Å². The lowest BCUT2D eigenvalue weighted by molar-refractivity contribution is -0.115. The smallest absolute Gasteiger partial charge is 0.230 e. The molecule has 0 aromatic carbocycles. The van der Waals surface area contributed by atoms with Crippen molar-refractivity contribution in [1.82, 2.24) is 9.97 Å². The van der Waals surface area contributed by atoms with Crippen LogP contribution in [0.25, 0.3) is 0 Å². The third-order valence-corrected chi connectivity index (χ3v) is 4.07. The van der Waals surface area contributed by atoms with E-state index in [-0.39, 0.29) is 5.91 Å². The number of carbonyl (C=O) groups is 1. The molecule has 0 aliphatic heterocycles. The van der Waals surface area contributed by atoms with Crippen LogP contribution in [0, 0.1) is 0 Å². The molecule has 2 N–H and O–H groups in total. The molecular weight excluding hydrogens is 308 g/mol. The largest absolute Gasteiger partial charge is 0.380 e. The number of pyridine rings is 2. The van der Waals surface area contributed by atoms with E-state index in [9.17, 15) is 4.79 Å². The summed E-state index contributed by atoms with van der Waals surface area (Å²) < 4.78 is 0. The fourth-order valence-corrected chi connectivity index (χ4v) is 2.74. The topological polar surface area (TPSA) is 66.9 Å². The van der Waals surface area contributed by atoms with Crippen molar-refractivity contribution in [1.29, 1.82) is 0 Å². The molecule has 6 heteroatoms. The zero-order chi connectivity index (χ0) is 15.9. The van der Waals surface area contributed by atoms with Crippen LogP contribution in [0.4, 0.5) is 11.5 Å². The third kappa shape index (κ3) is 4.62. The number of hydrogen-bond donors (Lipinski definition) is 2. The van der Waals surface area contributed by atoms with E-state index in [2.05, 4.69) is 20.6 Å². The quantitative estimate of drug-likeness (QED) is 0.730. The van der Waals surface area contributed by atoms with Crippen molar-refractivity contribution >= 4 is 28.7 Å². The fourth-order valence-electron chi connectivity index (χ4n) is 2.04. The maximum Gasteiger partial charge on any atom is 0.230 e. The van der Waals surface area contributed by atoms with Gasteiger partial charge in [-0.05, 0) is 41.3 Å². The summed E-state index contributed by atoms with van der Waals surface area (Å²) in [5.74, 6) is 0.499. The first-order chi connectivity index (χ1) is 11.3. The van der Waals surface area contributed by atoms with E-state index in [0.29, 0.717) is 18.8 Å². The highest BCUT2D eigenvalue weighted by Crippen LogP contribution is 2.13. The molecular formula is C17H16N4OS. The number of thiophene rings is 1. The Hall–Kier alpha value is -2.73. The second-order valence-corrected chi connectivity index (χ2v) is 5.98. The summed E-state index contributed by atoms with van der Waals surface area (Å²) in [6, 6.07) is 11.5. The van der Waals surface area contributed by atoms with Crippen molar-refractivity contribution in [2.24, 2.45) is 0 Å². The van der Waals surface area contributed by atoms with Crippen molar-refractivity contribution in [2.75, 3.05) is 10.6 Å². The van der Waals surface area contributed by atoms with Gasteiger partial charge in [0, 0.05) is 23.8 Å². The minimum absolute atomic E-state index is 0.0579. The fraction of sp³-hybridized carbons (Fsp3) is 0.118. The Morgan fingerprint density at radius 3 is 2.70 bits per heavy atom. The molecule has 0 spiro atoms. The van der Waals surface area contributed by atoms with Gasteiger partial charge in [0.05, 0.1) is 18.3 Å². The van der Waals surface area contributed by atoms with Crippen molar-refractivity contribution < 1.29 is 4.79 Å². The normalized spacial score (nSPS) is 10.3. The number of anilines is 2. The Morgan fingerprint density at radius 1 is 1.13 bits per heavy atom. The molecule has 5 nitrogen and oxygen atoms in total. The number of hydrogen-bond acceptors (Lipinski definition) is 5. The van der Waals surface area contributed by atoms with Gasteiger partial charge < -0.3 is 10.6 Å². The molecule has 3 rings (SSSR count). The number of carbonyl (C=O) groups excluding carboxylic acids is 1. The molecule has 0 radical (unpaired) electrons. The minimum Gasteiger partial charge on any atom is -0.380 e. The average molecular weight is 324 g/mol. The van der Waals surface area contributed by atoms with Gasteiger partial charge in [0.15, 0.2) is 0 Å². The Morgan fingerprint density at radius 2 is 2.00 bits per heavy atom. The molecule has 3 aromatic rings. The third-order valence-electron chi connectivity index (χ3n) is 3.19. The lowest BCUT2D eigenvalue weighted by atomic mass is 10.2. The van der Waals surface area contributed by atoms with Crippen LogP contribution < -0.4 is 10.6 Å². The first-order valence-electron chi connectivity index (χ1n) is 7.21. The predicted molar refractivity (Wildman–Crippen MR) is 92.5 cm³/mol. The van der Waals surface area contributed by atoms with E-state index in [0.717, 1.165) is 16.1 Å². The van der Waals surface area contributed by atoms with E-state index in [1.165, 1.54) is 0 Å². The molecule has 0 atom stereocenters. The summed E-state index contributed by atoms with van der Waals surface area (Å²) in [4.78, 5) is 21.2. The van der Waals surface area contributed by atoms with Crippen LogP contribution >= 0.6 is 11.3 Å². The van der Waals surface area contributed by atoms with Crippen molar-refractivity contribution in [2.45, 2.75) is 13.0 Å². The second kappa shape index (κ2) is 7.51. The minimum atomic E-state index is -0.0579. The van der Waals surface area contributed by atoms with Gasteiger partial charge in [0.25, 0.3) is 0 Å². The Bertz CT molecular complexity index is 742. The van der Waals surface area contributed by atoms with E-state index >= 15 is 0 Å². The molecule has 0 unspecified atom stereocenters. The van der Waals surface area contributed by atoms with Crippen LogP contribution in [0.2, 0.25) is 0 Å². The van der Waals surface area contributed by atoms with Gasteiger partial charge in [-0.15, -0.1) is 11.3 Å². The lowest BCUT2D eigenvalue weighted by Gasteiger charge is -2.07. The van der Waals surface area contributed by atoms with Crippen LogP contribution in [0.15, 0.2) is 60.4 Å². The maximum absolute atomic E-state index is 11.9. The Balaban J connectivity index is 1.51. The first kappa shape index (κ1) is 15.2. The van der Waals surface area contributed by atoms with Crippen LogP contribution in [0.1, 0.15) is 10.4 Å². The maximum atomic E-state index is 11.9. The molecule has 1 amide bonds. The number of amides is 1. The number of nitrogens with zero attached hydrogens (tertiary/aromatic N) is 2. The summed E-state index contributed by atoms with van der Waals surface area (Å²) in [5, 5.41) is 8.04. The van der Waals surface area contributed by atoms with Gasteiger partial charge in [-0.3, -0.25) is 9.78 Å². The molecule has 116 valence electrons. The summed E-state index contributed by atoms with van der Waals surface area (Å²) in [6.45, 7) is 0.703. The zero-order valence-corrected chi connectivity index (χ0v) is 13.2. The van der Waals surface area contributed by atoms with Crippen LogP contribution in [-0.4, -0.2) is 15.9 Å². The second-order valence-electron chi connectivity index (χ2n) is 4.95. The molecule has 0 fully saturated rings. The molecule has 23 heavy (non-hydrogen) atoms. The summed E-state index contributed by atoms with van der Waals surface area (Å²) in [5.41, 5.74) is 2.05. The molecule has 3 aromatic heterocycles. The molecule has 0 bridgehead atoms. The van der Waals surface area contributed by atoms with Crippen molar-refractivity contribution in [3.63, 3.8) is 0 Å². The van der Waals surface area contributed by atoms with Gasteiger partial charge in [-0.25, -0.2) is 4.98 Å². The number of aromatic nitrogens is 2. The molecule has 0 aliphatic rings. The van der Waals surface area contributed by atoms with Gasteiger partial charge in [0.2, 0.25) is 5.91 Å². The zero-order valence-electron chi connectivity index (χ0n) is 12.4. The van der Waals surface area contributed by atoms with E-state index < -0.39 is 0 Å². The molecule has 0 saturated carbocycles. The van der Waals surface area contributed by atoms with Gasteiger partial charge in [-0.1, -0.05) is 6.07 Å². The predicted octanol–water partition coefficient (Wildman–Crippen LogP) is 3.33. The van der Waals surface area contributed by atoms with E-state index in [1.807, 2.05) is 35.7 Å². The van der Waals surface area contributed by atoms with E-state index in [1.54, 1.807) is 36.0 Å². The van der Waals surface area contributed by atoms with Crippen molar-refractivity contribution in [3.05, 3.63) is 70.8 Å². The van der Waals surface area contributed by atoms with E-state index in [4.69, 9.17) is 0 Å². The number of nitrogens with one attached hydrogen (secondary N) is 2. The van der Waals surface area contributed by atoms with Crippen LogP contribution in [0.3, 0.4) is 0 Å². The first-order valence-corrected chi connectivity index (χ1v) is 8.08. The van der Waals surface area contributed by atoms with Gasteiger partial charge in [-0.2, -0.15) is 0 Å². The highest BCUT2D eigenvalue weighted by Gasteiger charge is 2.05. The average Bonchev–Trinajstić information content (AvgIpc) is 3.08. The van der Waals surface area contributed by atoms with Crippen LogP contribution in [-0.2, 0) is 17.8 Å². The highest BCUT2D eigenvalue weighted by atomic mass is 32.1. The SMILES string of the molecule is O=C(Cc1cccs1)Nc1ccc(NCc2ccncc2)cn1. The lowest BCUT2D eigenvalue weighted by Crippen LogP contribution is -2.14.